The molecule has 2 amide bonds. The van der Waals surface area contributed by atoms with Gasteiger partial charge in [-0.05, 0) is 38.1 Å². The van der Waals surface area contributed by atoms with Crippen LogP contribution in [0.5, 0.6) is 0 Å². The summed E-state index contributed by atoms with van der Waals surface area (Å²) in [7, 11) is 0. The maximum absolute atomic E-state index is 12.9. The van der Waals surface area contributed by atoms with Crippen LogP contribution in [0.1, 0.15) is 24.3 Å². The highest BCUT2D eigenvalue weighted by Crippen LogP contribution is 2.24. The molecule has 0 aliphatic carbocycles. The monoisotopic (exact) mass is 379 g/mol. The molecule has 1 heterocycles. The van der Waals surface area contributed by atoms with E-state index in [4.69, 9.17) is 4.74 Å². The van der Waals surface area contributed by atoms with Crippen molar-refractivity contribution in [3.63, 3.8) is 0 Å². The first-order valence-electron chi connectivity index (χ1n) is 7.80. The largest absolute Gasteiger partial charge is 0.451 e. The van der Waals surface area contributed by atoms with Crippen LogP contribution in [0.25, 0.3) is 10.6 Å². The van der Waals surface area contributed by atoms with E-state index in [9.17, 15) is 18.8 Å². The van der Waals surface area contributed by atoms with Gasteiger partial charge in [-0.3, -0.25) is 9.59 Å². The van der Waals surface area contributed by atoms with Crippen LogP contribution in [-0.2, 0) is 14.3 Å². The fourth-order valence-corrected chi connectivity index (χ4v) is 2.70. The van der Waals surface area contributed by atoms with Gasteiger partial charge in [0.25, 0.3) is 5.91 Å². The van der Waals surface area contributed by atoms with Crippen molar-refractivity contribution in [3.8, 4) is 10.6 Å². The summed E-state index contributed by atoms with van der Waals surface area (Å²) in [6.07, 6.45) is 0. The molecule has 138 valence electrons. The molecule has 2 aromatic rings. The number of carbonyl (C=O) groups excluding carboxylic acids is 3. The first-order chi connectivity index (χ1) is 12.3. The minimum atomic E-state index is -0.753. The lowest BCUT2D eigenvalue weighted by Gasteiger charge is -2.09. The number of ether oxygens (including phenoxy) is 1. The molecule has 26 heavy (non-hydrogen) atoms. The summed E-state index contributed by atoms with van der Waals surface area (Å²) in [5.41, 5.74) is 0.726. The van der Waals surface area contributed by atoms with E-state index in [1.807, 2.05) is 0 Å². The highest BCUT2D eigenvalue weighted by molar-refractivity contribution is 7.13. The number of amides is 2. The van der Waals surface area contributed by atoms with E-state index in [0.717, 1.165) is 0 Å². The van der Waals surface area contributed by atoms with Gasteiger partial charge in [-0.1, -0.05) is 0 Å². The third kappa shape index (κ3) is 5.92. The van der Waals surface area contributed by atoms with E-state index < -0.39 is 18.5 Å². The van der Waals surface area contributed by atoms with Gasteiger partial charge in [-0.2, -0.15) is 0 Å². The number of aromatic nitrogens is 1. The molecule has 0 radical (unpaired) electrons. The number of carbonyl (C=O) groups is 3. The number of nitrogens with zero attached hydrogens (tertiary/aromatic N) is 1. The first kappa shape index (κ1) is 19.5. The third-order valence-electron chi connectivity index (χ3n) is 3.03. The highest BCUT2D eigenvalue weighted by Gasteiger charge is 2.15. The van der Waals surface area contributed by atoms with Gasteiger partial charge >= 0.3 is 5.97 Å². The molecule has 0 unspecified atom stereocenters. The van der Waals surface area contributed by atoms with Crippen molar-refractivity contribution < 1.29 is 23.5 Å². The second-order valence-electron chi connectivity index (χ2n) is 5.62. The van der Waals surface area contributed by atoms with E-state index in [1.165, 1.54) is 28.8 Å². The summed E-state index contributed by atoms with van der Waals surface area (Å²) < 4.78 is 17.8. The predicted octanol–water partition coefficient (Wildman–Crippen LogP) is 1.75. The number of rotatable bonds is 7. The van der Waals surface area contributed by atoms with Crippen molar-refractivity contribution in [1.82, 2.24) is 15.6 Å². The van der Waals surface area contributed by atoms with Crippen LogP contribution in [0.15, 0.2) is 29.6 Å². The molecule has 2 N–H and O–H groups in total. The Hall–Kier alpha value is -2.81. The number of thiazole rings is 1. The molecule has 0 spiro atoms. The Morgan fingerprint density at radius 2 is 1.88 bits per heavy atom. The second kappa shape index (κ2) is 9.04. The van der Waals surface area contributed by atoms with Crippen LogP contribution >= 0.6 is 11.3 Å². The smallest absolute Gasteiger partial charge is 0.358 e. The van der Waals surface area contributed by atoms with E-state index in [-0.39, 0.29) is 30.0 Å². The molecular weight excluding hydrogens is 361 g/mol. The Labute approximate surface area is 153 Å². The van der Waals surface area contributed by atoms with E-state index in [2.05, 4.69) is 15.6 Å². The van der Waals surface area contributed by atoms with Gasteiger partial charge in [0, 0.05) is 17.0 Å². The molecule has 0 saturated heterocycles. The van der Waals surface area contributed by atoms with Crippen molar-refractivity contribution in [2.24, 2.45) is 0 Å². The Morgan fingerprint density at radius 3 is 2.54 bits per heavy atom. The summed E-state index contributed by atoms with van der Waals surface area (Å²) >= 11 is 1.20. The van der Waals surface area contributed by atoms with Crippen molar-refractivity contribution in [2.75, 3.05) is 13.2 Å². The Bertz CT molecular complexity index is 790. The molecule has 2 rings (SSSR count). The molecular formula is C17H18FN3O4S. The van der Waals surface area contributed by atoms with Crippen LogP contribution < -0.4 is 10.6 Å². The average molecular weight is 379 g/mol. The van der Waals surface area contributed by atoms with Crippen LogP contribution in [-0.4, -0.2) is 42.0 Å². The summed E-state index contributed by atoms with van der Waals surface area (Å²) in [6, 6.07) is 5.68. The lowest BCUT2D eigenvalue weighted by molar-refractivity contribution is -0.128. The van der Waals surface area contributed by atoms with Gasteiger partial charge in [0.15, 0.2) is 12.3 Å². The minimum absolute atomic E-state index is 0.0304. The third-order valence-corrected chi connectivity index (χ3v) is 3.93. The van der Waals surface area contributed by atoms with Crippen molar-refractivity contribution in [3.05, 3.63) is 41.2 Å². The van der Waals surface area contributed by atoms with Gasteiger partial charge in [-0.25, -0.2) is 14.2 Å². The van der Waals surface area contributed by atoms with E-state index >= 15 is 0 Å². The number of nitrogens with one attached hydrogen (secondary N) is 2. The fraction of sp³-hybridized carbons (Fsp3) is 0.294. The van der Waals surface area contributed by atoms with Crippen molar-refractivity contribution >= 4 is 29.1 Å². The molecule has 0 fully saturated rings. The molecule has 7 nitrogen and oxygen atoms in total. The topological polar surface area (TPSA) is 97.4 Å². The van der Waals surface area contributed by atoms with Crippen LogP contribution in [0.2, 0.25) is 0 Å². The quantitative estimate of drug-likeness (QED) is 0.715. The number of halogens is 1. The molecule has 1 aromatic carbocycles. The average Bonchev–Trinajstić information content (AvgIpc) is 3.08. The molecule has 0 bridgehead atoms. The zero-order valence-electron chi connectivity index (χ0n) is 14.2. The summed E-state index contributed by atoms with van der Waals surface area (Å²) in [5.74, 6) is -2.04. The zero-order valence-corrected chi connectivity index (χ0v) is 15.1. The van der Waals surface area contributed by atoms with Crippen LogP contribution in [0.4, 0.5) is 4.39 Å². The van der Waals surface area contributed by atoms with Crippen LogP contribution in [0.3, 0.4) is 0 Å². The number of hydrogen-bond donors (Lipinski definition) is 2. The maximum Gasteiger partial charge on any atom is 0.358 e. The van der Waals surface area contributed by atoms with Gasteiger partial charge in [0.1, 0.15) is 10.8 Å². The van der Waals surface area contributed by atoms with E-state index in [1.54, 1.807) is 26.0 Å². The van der Waals surface area contributed by atoms with Gasteiger partial charge in [0.2, 0.25) is 5.91 Å². The zero-order chi connectivity index (χ0) is 19.1. The molecule has 9 heteroatoms. The maximum atomic E-state index is 12.9. The minimum Gasteiger partial charge on any atom is -0.451 e. The Morgan fingerprint density at radius 1 is 1.19 bits per heavy atom. The molecule has 0 saturated carbocycles. The number of benzene rings is 1. The van der Waals surface area contributed by atoms with E-state index in [0.29, 0.717) is 10.6 Å². The molecule has 0 aliphatic rings. The summed E-state index contributed by atoms with van der Waals surface area (Å²) in [4.78, 5) is 39.1. The fourth-order valence-electron chi connectivity index (χ4n) is 1.90. The summed E-state index contributed by atoms with van der Waals surface area (Å²) in [5, 5.41) is 7.00. The lowest BCUT2D eigenvalue weighted by Crippen LogP contribution is -2.41. The van der Waals surface area contributed by atoms with Gasteiger partial charge < -0.3 is 15.4 Å². The van der Waals surface area contributed by atoms with Crippen LogP contribution in [0, 0.1) is 5.82 Å². The van der Waals surface area contributed by atoms with Crippen molar-refractivity contribution in [1.29, 1.82) is 0 Å². The van der Waals surface area contributed by atoms with Crippen molar-refractivity contribution in [2.45, 2.75) is 19.9 Å². The standard InChI is InChI=1S/C17H18FN3O4S/c1-10(2)20-14(22)7-19-15(23)8-25-17(24)13-9-26-16(21-13)11-3-5-12(18)6-4-11/h3-6,9-10H,7-8H2,1-2H3,(H,19,23)(H,20,22). The highest BCUT2D eigenvalue weighted by atomic mass is 32.1. The normalized spacial score (nSPS) is 10.5. The Kier molecular flexibility index (Phi) is 6.79. The number of hydrogen-bond acceptors (Lipinski definition) is 6. The van der Waals surface area contributed by atoms with Gasteiger partial charge in [0.05, 0.1) is 6.54 Å². The number of esters is 1. The molecule has 1 aromatic heterocycles. The summed E-state index contributed by atoms with van der Waals surface area (Å²) in [6.45, 7) is 2.89. The molecule has 0 atom stereocenters. The second-order valence-corrected chi connectivity index (χ2v) is 6.48. The molecule has 0 aliphatic heterocycles. The van der Waals surface area contributed by atoms with Gasteiger partial charge in [-0.15, -0.1) is 11.3 Å². The Balaban J connectivity index is 1.82. The first-order valence-corrected chi connectivity index (χ1v) is 8.67. The lowest BCUT2D eigenvalue weighted by atomic mass is 10.2. The SMILES string of the molecule is CC(C)NC(=O)CNC(=O)COC(=O)c1csc(-c2ccc(F)cc2)n1. The predicted molar refractivity (Wildman–Crippen MR) is 94.1 cm³/mol.